The van der Waals surface area contributed by atoms with Gasteiger partial charge in [0.1, 0.15) is 23.4 Å². The smallest absolute Gasteiger partial charge is 0.166 e. The minimum Gasteiger partial charge on any atom is -0.479 e. The zero-order valence-corrected chi connectivity index (χ0v) is 18.0. The predicted molar refractivity (Wildman–Crippen MR) is 117 cm³/mol. The zero-order valence-electron chi connectivity index (χ0n) is 18.0. The second kappa shape index (κ2) is 7.37. The first-order valence-corrected chi connectivity index (χ1v) is 10.3. The van der Waals surface area contributed by atoms with Gasteiger partial charge in [0, 0.05) is 41.4 Å². The number of hydrogen-bond acceptors (Lipinski definition) is 7. The highest BCUT2D eigenvalue weighted by atomic mass is 19.1. The number of aromatic nitrogens is 6. The summed E-state index contributed by atoms with van der Waals surface area (Å²) >= 11 is 0. The molecule has 0 atom stereocenters. The van der Waals surface area contributed by atoms with Gasteiger partial charge in [-0.05, 0) is 45.0 Å². The summed E-state index contributed by atoms with van der Waals surface area (Å²) in [5, 5.41) is 12.9. The van der Waals surface area contributed by atoms with Crippen LogP contribution in [-0.4, -0.2) is 29.9 Å². The summed E-state index contributed by atoms with van der Waals surface area (Å²) < 4.78 is 22.6. The minimum absolute atomic E-state index is 0.253. The SMILES string of the molecule is CCn1ncc2c1-c1cnc(N)c(c1)OC(C)(C)c1cc(F)ccc1-c1nncnc1C2. The average molecular weight is 431 g/mol. The molecule has 0 saturated heterocycles. The molecule has 5 rings (SSSR count). The summed E-state index contributed by atoms with van der Waals surface area (Å²) in [5.74, 6) is 0.288. The van der Waals surface area contributed by atoms with Crippen LogP contribution in [0.3, 0.4) is 0 Å². The van der Waals surface area contributed by atoms with Crippen molar-refractivity contribution in [3.8, 4) is 28.3 Å². The van der Waals surface area contributed by atoms with Gasteiger partial charge in [0.05, 0.1) is 17.6 Å². The summed E-state index contributed by atoms with van der Waals surface area (Å²) in [6.07, 6.45) is 5.42. The summed E-state index contributed by atoms with van der Waals surface area (Å²) in [5.41, 5.74) is 10.5. The van der Waals surface area contributed by atoms with Gasteiger partial charge < -0.3 is 10.5 Å². The number of nitrogen functional groups attached to an aromatic ring is 1. The van der Waals surface area contributed by atoms with E-state index in [1.54, 1.807) is 12.3 Å². The molecule has 1 aliphatic rings. The van der Waals surface area contributed by atoms with Crippen LogP contribution in [0.5, 0.6) is 5.75 Å². The van der Waals surface area contributed by atoms with Crippen molar-refractivity contribution in [1.82, 2.24) is 29.9 Å². The number of nitrogens with two attached hydrogens (primary N) is 1. The molecule has 1 aromatic carbocycles. The Morgan fingerprint density at radius 3 is 2.84 bits per heavy atom. The molecule has 0 unspecified atom stereocenters. The molecule has 0 fully saturated rings. The molecule has 32 heavy (non-hydrogen) atoms. The van der Waals surface area contributed by atoms with Crippen LogP contribution in [0.1, 0.15) is 37.6 Å². The van der Waals surface area contributed by atoms with Crippen molar-refractivity contribution >= 4 is 5.82 Å². The van der Waals surface area contributed by atoms with Gasteiger partial charge in [-0.25, -0.2) is 14.4 Å². The molecule has 9 heteroatoms. The van der Waals surface area contributed by atoms with Crippen LogP contribution in [0.2, 0.25) is 0 Å². The van der Waals surface area contributed by atoms with Gasteiger partial charge in [-0.1, -0.05) is 0 Å². The normalized spacial score (nSPS) is 14.2. The van der Waals surface area contributed by atoms with Crippen molar-refractivity contribution in [2.75, 3.05) is 5.73 Å². The maximum absolute atomic E-state index is 14.4. The Morgan fingerprint density at radius 2 is 2.03 bits per heavy atom. The van der Waals surface area contributed by atoms with Crippen LogP contribution in [0.25, 0.3) is 22.5 Å². The zero-order chi connectivity index (χ0) is 22.5. The number of benzene rings is 1. The van der Waals surface area contributed by atoms with E-state index in [9.17, 15) is 4.39 Å². The minimum atomic E-state index is -0.951. The number of pyridine rings is 1. The Labute approximate surface area is 184 Å². The van der Waals surface area contributed by atoms with E-state index in [-0.39, 0.29) is 11.6 Å². The number of ether oxygens (including phenoxy) is 1. The highest BCUT2D eigenvalue weighted by molar-refractivity contribution is 5.71. The number of aryl methyl sites for hydroxylation is 1. The molecule has 162 valence electrons. The fourth-order valence-corrected chi connectivity index (χ4v) is 4.16. The van der Waals surface area contributed by atoms with Gasteiger partial charge in [0.25, 0.3) is 0 Å². The Balaban J connectivity index is 1.85. The molecular formula is C23H22FN7O. The molecule has 4 heterocycles. The third kappa shape index (κ3) is 3.26. The van der Waals surface area contributed by atoms with Gasteiger partial charge >= 0.3 is 0 Å². The standard InChI is InChI=1S/C23H22FN7O/c1-4-31-21-13(11-29-31)7-18-20(30-28-12-27-18)16-6-5-15(24)9-17(16)23(2,3)32-19-8-14(21)10-26-22(19)25/h5-6,8-12H,4,7H2,1-3H3,(H2,25,26). The summed E-state index contributed by atoms with van der Waals surface area (Å²) in [6.45, 7) is 6.41. The van der Waals surface area contributed by atoms with Crippen LogP contribution in [0.4, 0.5) is 10.2 Å². The molecule has 0 spiro atoms. The Morgan fingerprint density at radius 1 is 1.19 bits per heavy atom. The Hall–Kier alpha value is -3.88. The fourth-order valence-electron chi connectivity index (χ4n) is 4.16. The predicted octanol–water partition coefficient (Wildman–Crippen LogP) is 3.76. The molecule has 0 aliphatic carbocycles. The van der Waals surface area contributed by atoms with E-state index in [0.29, 0.717) is 41.2 Å². The lowest BCUT2D eigenvalue weighted by Crippen LogP contribution is -2.27. The first kappa shape index (κ1) is 20.0. The van der Waals surface area contributed by atoms with Crippen molar-refractivity contribution in [2.45, 2.75) is 39.3 Å². The first-order valence-electron chi connectivity index (χ1n) is 10.3. The fraction of sp³-hybridized carbons (Fsp3) is 0.261. The van der Waals surface area contributed by atoms with Crippen molar-refractivity contribution in [3.05, 3.63) is 65.6 Å². The van der Waals surface area contributed by atoms with Crippen molar-refractivity contribution < 1.29 is 9.13 Å². The quantitative estimate of drug-likeness (QED) is 0.489. The number of fused-ring (bicyclic) bond motifs is 7. The van der Waals surface area contributed by atoms with E-state index in [2.05, 4.69) is 25.3 Å². The van der Waals surface area contributed by atoms with Crippen LogP contribution < -0.4 is 10.5 Å². The molecule has 4 aromatic rings. The van der Waals surface area contributed by atoms with Crippen molar-refractivity contribution in [1.29, 1.82) is 0 Å². The molecule has 0 saturated carbocycles. The van der Waals surface area contributed by atoms with Gasteiger partial charge in [-0.2, -0.15) is 5.10 Å². The highest BCUT2D eigenvalue weighted by Gasteiger charge is 2.31. The molecular weight excluding hydrogens is 409 g/mol. The third-order valence-electron chi connectivity index (χ3n) is 5.67. The van der Waals surface area contributed by atoms with E-state index >= 15 is 0 Å². The maximum atomic E-state index is 14.4. The number of anilines is 1. The number of rotatable bonds is 1. The van der Waals surface area contributed by atoms with E-state index in [1.165, 1.54) is 18.5 Å². The molecule has 8 nitrogen and oxygen atoms in total. The summed E-state index contributed by atoms with van der Waals surface area (Å²) in [6, 6.07) is 6.39. The lowest BCUT2D eigenvalue weighted by molar-refractivity contribution is 0.109. The van der Waals surface area contributed by atoms with E-state index < -0.39 is 5.60 Å². The average Bonchev–Trinajstić information content (AvgIpc) is 3.17. The van der Waals surface area contributed by atoms with E-state index in [0.717, 1.165) is 16.8 Å². The highest BCUT2D eigenvalue weighted by Crippen LogP contribution is 2.40. The molecule has 1 aliphatic heterocycles. The monoisotopic (exact) mass is 431 g/mol. The van der Waals surface area contributed by atoms with Gasteiger partial charge in [0.15, 0.2) is 11.6 Å². The molecule has 2 bridgehead atoms. The number of nitrogens with zero attached hydrogens (tertiary/aromatic N) is 6. The van der Waals surface area contributed by atoms with Crippen molar-refractivity contribution in [3.63, 3.8) is 0 Å². The summed E-state index contributed by atoms with van der Waals surface area (Å²) in [7, 11) is 0. The van der Waals surface area contributed by atoms with Gasteiger partial charge in [0.2, 0.25) is 0 Å². The lowest BCUT2D eigenvalue weighted by atomic mass is 9.89. The molecule has 2 N–H and O–H groups in total. The van der Waals surface area contributed by atoms with Gasteiger partial charge in [-0.3, -0.25) is 4.68 Å². The molecule has 0 radical (unpaired) electrons. The van der Waals surface area contributed by atoms with Crippen LogP contribution in [0.15, 0.2) is 43.0 Å². The first-order chi connectivity index (χ1) is 15.4. The van der Waals surface area contributed by atoms with Crippen molar-refractivity contribution in [2.24, 2.45) is 0 Å². The molecule has 0 amide bonds. The third-order valence-corrected chi connectivity index (χ3v) is 5.67. The van der Waals surface area contributed by atoms with Crippen LogP contribution >= 0.6 is 0 Å². The maximum Gasteiger partial charge on any atom is 0.166 e. The second-order valence-electron chi connectivity index (χ2n) is 8.18. The summed E-state index contributed by atoms with van der Waals surface area (Å²) in [4.78, 5) is 8.88. The van der Waals surface area contributed by atoms with Crippen LogP contribution in [-0.2, 0) is 18.6 Å². The topological polar surface area (TPSA) is 105 Å². The second-order valence-corrected chi connectivity index (χ2v) is 8.18. The van der Waals surface area contributed by atoms with Crippen LogP contribution in [0, 0.1) is 5.82 Å². The number of hydrogen-bond donors (Lipinski definition) is 1. The largest absolute Gasteiger partial charge is 0.479 e. The van der Waals surface area contributed by atoms with E-state index in [4.69, 9.17) is 10.5 Å². The molecule has 3 aromatic heterocycles. The number of halogens is 1. The van der Waals surface area contributed by atoms with Gasteiger partial charge in [-0.15, -0.1) is 10.2 Å². The Bertz CT molecular complexity index is 1330. The Kier molecular flexibility index (Phi) is 4.61. The van der Waals surface area contributed by atoms with E-state index in [1.807, 2.05) is 37.7 Å². The lowest BCUT2D eigenvalue weighted by Gasteiger charge is -2.30.